The minimum Gasteiger partial charge on any atom is -0.480 e. The molecule has 3 amide bonds. The van der Waals surface area contributed by atoms with Gasteiger partial charge < -0.3 is 21.1 Å². The van der Waals surface area contributed by atoms with E-state index in [1.165, 1.54) is 0 Å². The van der Waals surface area contributed by atoms with Crippen molar-refractivity contribution in [3.05, 3.63) is 0 Å². The molecule has 2 rings (SSSR count). The number of rotatable bonds is 9. The largest absolute Gasteiger partial charge is 0.480 e. The van der Waals surface area contributed by atoms with E-state index >= 15 is 0 Å². The topological polar surface area (TPSA) is 162 Å². The van der Waals surface area contributed by atoms with Crippen LogP contribution in [0.4, 0.5) is 4.79 Å². The van der Waals surface area contributed by atoms with E-state index in [0.29, 0.717) is 6.42 Å². The van der Waals surface area contributed by atoms with Crippen molar-refractivity contribution >= 4 is 39.8 Å². The number of carboxylic acids is 1. The Morgan fingerprint density at radius 1 is 1.32 bits per heavy atom. The molecular weight excluding hydrogens is 374 g/mol. The van der Waals surface area contributed by atoms with Crippen LogP contribution in [0.1, 0.15) is 25.7 Å². The van der Waals surface area contributed by atoms with Crippen LogP contribution in [-0.4, -0.2) is 70.9 Å². The first-order valence-corrected chi connectivity index (χ1v) is 10.5. The zero-order chi connectivity index (χ0) is 18.6. The Morgan fingerprint density at radius 3 is 2.68 bits per heavy atom. The predicted molar refractivity (Wildman–Crippen MR) is 89.9 cm³/mol. The van der Waals surface area contributed by atoms with E-state index in [9.17, 15) is 22.8 Å². The molecule has 0 aromatic heterocycles. The summed E-state index contributed by atoms with van der Waals surface area (Å²) in [7, 11) is -4.50. The number of carbonyl (C=O) groups is 3. The Hall–Kier alpha value is -1.53. The van der Waals surface area contributed by atoms with Crippen LogP contribution in [0.2, 0.25) is 0 Å². The molecule has 0 radical (unpaired) electrons. The molecule has 2 fully saturated rings. The summed E-state index contributed by atoms with van der Waals surface area (Å²) in [6.07, 6.45) is 2.11. The average molecular weight is 395 g/mol. The number of carboxylic acid groups (broad SMARTS) is 1. The molecule has 0 saturated carbocycles. The van der Waals surface area contributed by atoms with Crippen molar-refractivity contribution in [2.24, 2.45) is 0 Å². The number of aliphatic carboxylic acids is 1. The molecule has 2 aliphatic heterocycles. The van der Waals surface area contributed by atoms with Gasteiger partial charge in [0.2, 0.25) is 5.91 Å². The van der Waals surface area contributed by atoms with Crippen molar-refractivity contribution in [2.45, 2.75) is 49.1 Å². The van der Waals surface area contributed by atoms with Gasteiger partial charge in [0, 0.05) is 17.4 Å². The highest BCUT2D eigenvalue weighted by atomic mass is 32.2. The molecule has 5 N–H and O–H groups in total. The van der Waals surface area contributed by atoms with Crippen LogP contribution in [-0.2, 0) is 19.7 Å². The van der Waals surface area contributed by atoms with Gasteiger partial charge >= 0.3 is 12.0 Å². The van der Waals surface area contributed by atoms with Gasteiger partial charge in [0.1, 0.15) is 11.8 Å². The number of nitrogens with one attached hydrogen (secondary N) is 3. The van der Waals surface area contributed by atoms with Crippen LogP contribution in [0.3, 0.4) is 0 Å². The zero-order valence-electron chi connectivity index (χ0n) is 13.3. The van der Waals surface area contributed by atoms with Crippen LogP contribution < -0.4 is 16.0 Å². The lowest BCUT2D eigenvalue weighted by Crippen LogP contribution is -2.45. The minimum atomic E-state index is -4.50. The van der Waals surface area contributed by atoms with Crippen molar-refractivity contribution in [3.8, 4) is 0 Å². The lowest BCUT2D eigenvalue weighted by atomic mass is 10.0. The van der Waals surface area contributed by atoms with Gasteiger partial charge in [0.15, 0.2) is 0 Å². The van der Waals surface area contributed by atoms with Crippen molar-refractivity contribution in [2.75, 3.05) is 11.5 Å². The number of amides is 3. The monoisotopic (exact) mass is 395 g/mol. The predicted octanol–water partition coefficient (Wildman–Crippen LogP) is -0.831. The maximum atomic E-state index is 11.7. The van der Waals surface area contributed by atoms with E-state index in [2.05, 4.69) is 16.0 Å². The van der Waals surface area contributed by atoms with Crippen molar-refractivity contribution < 1.29 is 32.5 Å². The molecule has 25 heavy (non-hydrogen) atoms. The summed E-state index contributed by atoms with van der Waals surface area (Å²) < 4.78 is 30.2. The SMILES string of the molecule is O=C(CCCCC1SCC2NC(=O)NC21)NC(CS(=O)(=O)O)C(=O)O. The third-order valence-electron chi connectivity index (χ3n) is 4.09. The number of thioether (sulfide) groups is 1. The molecule has 4 unspecified atom stereocenters. The number of hydrogen-bond donors (Lipinski definition) is 5. The van der Waals surface area contributed by atoms with Crippen LogP contribution >= 0.6 is 11.8 Å². The lowest BCUT2D eigenvalue weighted by Gasteiger charge is -2.16. The van der Waals surface area contributed by atoms with Gasteiger partial charge in [-0.1, -0.05) is 6.42 Å². The van der Waals surface area contributed by atoms with Crippen LogP contribution in [0.5, 0.6) is 0 Å². The molecule has 0 aromatic carbocycles. The maximum Gasteiger partial charge on any atom is 0.327 e. The molecule has 0 spiro atoms. The Labute approximate surface area is 149 Å². The van der Waals surface area contributed by atoms with Gasteiger partial charge in [0.05, 0.1) is 12.1 Å². The molecule has 2 heterocycles. The van der Waals surface area contributed by atoms with Gasteiger partial charge in [-0.25, -0.2) is 9.59 Å². The number of carbonyl (C=O) groups excluding carboxylic acids is 2. The highest BCUT2D eigenvalue weighted by Gasteiger charge is 2.42. The third kappa shape index (κ3) is 6.04. The summed E-state index contributed by atoms with van der Waals surface area (Å²) in [5.41, 5.74) is 0. The standard InChI is InChI=1S/C13H21N3O7S2/c17-10(14-8(12(18)19)6-25(21,22)23)4-2-1-3-9-11-7(5-24-9)15-13(20)16-11/h7-9,11H,1-6H2,(H,14,17)(H,18,19)(H2,15,16,20)(H,21,22,23). The van der Waals surface area contributed by atoms with E-state index in [4.69, 9.17) is 9.66 Å². The Bertz CT molecular complexity index is 640. The molecular formula is C13H21N3O7S2. The first kappa shape index (κ1) is 19.8. The second-order valence-electron chi connectivity index (χ2n) is 6.07. The molecule has 0 bridgehead atoms. The summed E-state index contributed by atoms with van der Waals surface area (Å²) in [6, 6.07) is -1.59. The van der Waals surface area contributed by atoms with Crippen molar-refractivity contribution in [1.29, 1.82) is 0 Å². The fourth-order valence-electron chi connectivity index (χ4n) is 2.93. The van der Waals surface area contributed by atoms with E-state index in [-0.39, 0.29) is 29.8 Å². The van der Waals surface area contributed by atoms with Gasteiger partial charge in [0.25, 0.3) is 10.1 Å². The van der Waals surface area contributed by atoms with Gasteiger partial charge in [-0.3, -0.25) is 9.35 Å². The number of hydrogen-bond acceptors (Lipinski definition) is 6. The van der Waals surface area contributed by atoms with E-state index in [1.54, 1.807) is 11.8 Å². The average Bonchev–Trinajstić information content (AvgIpc) is 3.01. The minimum absolute atomic E-state index is 0.0609. The van der Waals surface area contributed by atoms with Crippen molar-refractivity contribution in [1.82, 2.24) is 16.0 Å². The molecule has 2 aliphatic rings. The molecule has 0 aliphatic carbocycles. The fourth-order valence-corrected chi connectivity index (χ4v) is 5.12. The first-order chi connectivity index (χ1) is 11.7. The Balaban J connectivity index is 1.68. The Kier molecular flexibility index (Phi) is 6.52. The number of unbranched alkanes of at least 4 members (excludes halogenated alkanes) is 1. The smallest absolute Gasteiger partial charge is 0.327 e. The number of urea groups is 1. The molecule has 0 aromatic rings. The van der Waals surface area contributed by atoms with Gasteiger partial charge in [-0.05, 0) is 12.8 Å². The highest BCUT2D eigenvalue weighted by Crippen LogP contribution is 2.33. The van der Waals surface area contributed by atoms with E-state index in [1.807, 2.05) is 0 Å². The van der Waals surface area contributed by atoms with Crippen LogP contribution in [0, 0.1) is 0 Å². The third-order valence-corrected chi connectivity index (χ3v) is 6.35. The van der Waals surface area contributed by atoms with E-state index < -0.39 is 33.8 Å². The highest BCUT2D eigenvalue weighted by molar-refractivity contribution is 8.00. The summed E-state index contributed by atoms with van der Waals surface area (Å²) in [6.45, 7) is 0. The number of fused-ring (bicyclic) bond motifs is 1. The molecule has 142 valence electrons. The second kappa shape index (κ2) is 8.23. The summed E-state index contributed by atoms with van der Waals surface area (Å²) in [5, 5.41) is 17.0. The quantitative estimate of drug-likeness (QED) is 0.192. The summed E-state index contributed by atoms with van der Waals surface area (Å²) in [4.78, 5) is 33.9. The fraction of sp³-hybridized carbons (Fsp3) is 0.769. The van der Waals surface area contributed by atoms with Gasteiger partial charge in [-0.2, -0.15) is 20.2 Å². The molecule has 4 atom stereocenters. The normalized spacial score (nSPS) is 26.4. The lowest BCUT2D eigenvalue weighted by molar-refractivity contribution is -0.141. The molecule has 10 nitrogen and oxygen atoms in total. The van der Waals surface area contributed by atoms with Crippen LogP contribution in [0.25, 0.3) is 0 Å². The second-order valence-corrected chi connectivity index (χ2v) is 8.84. The summed E-state index contributed by atoms with van der Waals surface area (Å²) in [5.74, 6) is -2.32. The van der Waals surface area contributed by atoms with Gasteiger partial charge in [-0.15, -0.1) is 0 Å². The zero-order valence-corrected chi connectivity index (χ0v) is 14.9. The molecule has 12 heteroatoms. The maximum absolute atomic E-state index is 11.7. The molecule has 2 saturated heterocycles. The summed E-state index contributed by atoms with van der Waals surface area (Å²) >= 11 is 1.77. The van der Waals surface area contributed by atoms with E-state index in [0.717, 1.165) is 18.6 Å². The van der Waals surface area contributed by atoms with Crippen LogP contribution in [0.15, 0.2) is 0 Å². The Morgan fingerprint density at radius 2 is 2.04 bits per heavy atom. The van der Waals surface area contributed by atoms with Crippen molar-refractivity contribution in [3.63, 3.8) is 0 Å². The first-order valence-electron chi connectivity index (χ1n) is 7.81.